The Bertz CT molecular complexity index is 837. The van der Waals surface area contributed by atoms with Crippen molar-refractivity contribution in [3.05, 3.63) is 0 Å². The molecular weight excluding hydrogens is 406 g/mol. The van der Waals surface area contributed by atoms with Gasteiger partial charge in [0.1, 0.15) is 0 Å². The van der Waals surface area contributed by atoms with Crippen molar-refractivity contribution < 1.29 is 9.90 Å². The van der Waals surface area contributed by atoms with E-state index in [9.17, 15) is 9.90 Å². The Morgan fingerprint density at radius 3 is 2.06 bits per heavy atom. The van der Waals surface area contributed by atoms with E-state index in [4.69, 9.17) is 5.73 Å². The minimum Gasteiger partial charge on any atom is -0.393 e. The van der Waals surface area contributed by atoms with Crippen molar-refractivity contribution in [3.8, 4) is 0 Å². The van der Waals surface area contributed by atoms with Crippen LogP contribution < -0.4 is 5.73 Å². The molecule has 3 unspecified atom stereocenters. The van der Waals surface area contributed by atoms with Crippen molar-refractivity contribution in [2.75, 3.05) is 0 Å². The number of nitrogens with two attached hydrogens (primary N) is 1. The number of carbonyl (C=O) groups is 1. The number of rotatable bonds is 1. The third-order valence-corrected chi connectivity index (χ3v) is 14.0. The Balaban J connectivity index is 1.52. The standard InChI is InChI=1S/C30H51NO2/c1-25(2)21-10-13-30(7)22(28(21,5)12-11-23(25)32)9-8-19-20-18-27(4,24(31)33)15-14-26(20,3)16-17-29(19,30)6/h19-23,32H,8-18H2,1-7H3,(H2,31,33)/t19-,20-,21?,22-,23?,26-,27?,28+,29-,30-/m1/s1. The summed E-state index contributed by atoms with van der Waals surface area (Å²) < 4.78 is 0. The van der Waals surface area contributed by atoms with Crippen LogP contribution in [0.25, 0.3) is 0 Å². The number of aliphatic hydroxyl groups is 1. The van der Waals surface area contributed by atoms with Gasteiger partial charge in [0, 0.05) is 5.41 Å². The van der Waals surface area contributed by atoms with Crippen molar-refractivity contribution >= 4 is 5.91 Å². The molecule has 0 heterocycles. The lowest BCUT2D eigenvalue weighted by Gasteiger charge is -2.73. The lowest BCUT2D eigenvalue weighted by molar-refractivity contribution is -0.252. The molecule has 0 bridgehead atoms. The molecular formula is C30H51NO2. The largest absolute Gasteiger partial charge is 0.393 e. The first-order valence-corrected chi connectivity index (χ1v) is 14.1. The molecule has 0 aromatic carbocycles. The molecule has 5 fully saturated rings. The molecule has 5 rings (SSSR count). The fourth-order valence-electron chi connectivity index (χ4n) is 11.4. The molecule has 188 valence electrons. The molecule has 0 aromatic rings. The summed E-state index contributed by atoms with van der Waals surface area (Å²) in [6.07, 6.45) is 13.0. The summed E-state index contributed by atoms with van der Waals surface area (Å²) >= 11 is 0. The molecule has 5 aliphatic carbocycles. The van der Waals surface area contributed by atoms with E-state index in [1.807, 2.05) is 0 Å². The van der Waals surface area contributed by atoms with Gasteiger partial charge in [-0.25, -0.2) is 0 Å². The van der Waals surface area contributed by atoms with E-state index in [1.54, 1.807) is 0 Å². The van der Waals surface area contributed by atoms with Crippen molar-refractivity contribution in [1.82, 2.24) is 0 Å². The highest BCUT2D eigenvalue weighted by molar-refractivity contribution is 5.80. The van der Waals surface area contributed by atoms with Crippen LogP contribution in [0.2, 0.25) is 0 Å². The van der Waals surface area contributed by atoms with Crippen molar-refractivity contribution in [1.29, 1.82) is 0 Å². The summed E-state index contributed by atoms with van der Waals surface area (Å²) in [5.74, 6) is 2.61. The number of carbonyl (C=O) groups excluding carboxylic acids is 1. The van der Waals surface area contributed by atoms with Gasteiger partial charge in [-0.15, -0.1) is 0 Å². The fraction of sp³-hybridized carbons (Fsp3) is 0.967. The molecule has 5 saturated carbocycles. The first-order valence-electron chi connectivity index (χ1n) is 14.1. The van der Waals surface area contributed by atoms with E-state index in [0.717, 1.165) is 31.6 Å². The molecule has 5 aliphatic rings. The quantitative estimate of drug-likeness (QED) is 0.459. The van der Waals surface area contributed by atoms with E-state index >= 15 is 0 Å². The molecule has 0 aliphatic heterocycles. The number of aliphatic hydroxyl groups excluding tert-OH is 1. The van der Waals surface area contributed by atoms with Gasteiger partial charge in [-0.1, -0.05) is 48.5 Å². The van der Waals surface area contributed by atoms with Crippen LogP contribution in [0.5, 0.6) is 0 Å². The van der Waals surface area contributed by atoms with Crippen LogP contribution >= 0.6 is 0 Å². The summed E-state index contributed by atoms with van der Waals surface area (Å²) in [5, 5.41) is 10.9. The lowest BCUT2D eigenvalue weighted by Crippen LogP contribution is -2.67. The zero-order chi connectivity index (χ0) is 24.2. The summed E-state index contributed by atoms with van der Waals surface area (Å²) in [7, 11) is 0. The second kappa shape index (κ2) is 7.01. The van der Waals surface area contributed by atoms with Crippen LogP contribution in [-0.4, -0.2) is 17.1 Å². The Morgan fingerprint density at radius 2 is 1.39 bits per heavy atom. The first-order chi connectivity index (χ1) is 15.1. The first kappa shape index (κ1) is 24.1. The molecule has 3 heteroatoms. The maximum Gasteiger partial charge on any atom is 0.223 e. The second-order valence-electron chi connectivity index (χ2n) is 15.4. The molecule has 10 atom stereocenters. The highest BCUT2D eigenvalue weighted by atomic mass is 16.3. The predicted octanol–water partition coefficient (Wildman–Crippen LogP) is 6.71. The fourth-order valence-corrected chi connectivity index (χ4v) is 11.4. The van der Waals surface area contributed by atoms with E-state index in [0.29, 0.717) is 39.4 Å². The van der Waals surface area contributed by atoms with Gasteiger partial charge in [0.25, 0.3) is 0 Å². The SMILES string of the molecule is CC1(C(N)=O)CC[C@]2(C)CC[C@]3(C)[C@H](CC[C@@H]4[C@@]5(C)CCC(O)C(C)(C)C5CC[C@]43C)[C@H]2C1. The van der Waals surface area contributed by atoms with Crippen LogP contribution in [0.1, 0.15) is 119 Å². The minimum absolute atomic E-state index is 0.0177. The zero-order valence-electron chi connectivity index (χ0n) is 22.6. The van der Waals surface area contributed by atoms with Crippen molar-refractivity contribution in [3.63, 3.8) is 0 Å². The zero-order valence-corrected chi connectivity index (χ0v) is 22.6. The van der Waals surface area contributed by atoms with Gasteiger partial charge in [-0.05, 0) is 121 Å². The molecule has 0 spiro atoms. The van der Waals surface area contributed by atoms with E-state index < -0.39 is 0 Å². The van der Waals surface area contributed by atoms with Gasteiger partial charge < -0.3 is 10.8 Å². The summed E-state index contributed by atoms with van der Waals surface area (Å²) in [5.41, 5.74) is 7.05. The smallest absolute Gasteiger partial charge is 0.223 e. The lowest BCUT2D eigenvalue weighted by atomic mass is 9.31. The van der Waals surface area contributed by atoms with Crippen molar-refractivity contribution in [2.45, 2.75) is 125 Å². The summed E-state index contributed by atoms with van der Waals surface area (Å²) in [4.78, 5) is 12.5. The third-order valence-electron chi connectivity index (χ3n) is 14.0. The van der Waals surface area contributed by atoms with Crippen LogP contribution in [-0.2, 0) is 4.79 Å². The average molecular weight is 458 g/mol. The number of hydrogen-bond acceptors (Lipinski definition) is 2. The second-order valence-corrected chi connectivity index (χ2v) is 15.4. The normalized spacial score (nSPS) is 57.8. The van der Waals surface area contributed by atoms with E-state index in [1.165, 1.54) is 44.9 Å². The molecule has 1 amide bonds. The van der Waals surface area contributed by atoms with Gasteiger partial charge in [0.05, 0.1) is 6.10 Å². The molecule has 0 radical (unpaired) electrons. The average Bonchev–Trinajstić information content (AvgIpc) is 2.73. The number of hydrogen-bond donors (Lipinski definition) is 2. The number of amides is 1. The van der Waals surface area contributed by atoms with Gasteiger partial charge in [0.2, 0.25) is 5.91 Å². The van der Waals surface area contributed by atoms with Gasteiger partial charge in [-0.2, -0.15) is 0 Å². The molecule has 3 nitrogen and oxygen atoms in total. The Hall–Kier alpha value is -0.570. The van der Waals surface area contributed by atoms with Crippen molar-refractivity contribution in [2.24, 2.45) is 61.9 Å². The Kier molecular flexibility index (Phi) is 5.13. The Labute approximate surface area is 203 Å². The monoisotopic (exact) mass is 457 g/mol. The van der Waals surface area contributed by atoms with E-state index in [-0.39, 0.29) is 22.8 Å². The third kappa shape index (κ3) is 2.93. The van der Waals surface area contributed by atoms with Gasteiger partial charge >= 0.3 is 0 Å². The van der Waals surface area contributed by atoms with Crippen LogP contribution in [0.4, 0.5) is 0 Å². The molecule has 0 aromatic heterocycles. The van der Waals surface area contributed by atoms with Crippen LogP contribution in [0.3, 0.4) is 0 Å². The predicted molar refractivity (Wildman–Crippen MR) is 134 cm³/mol. The topological polar surface area (TPSA) is 63.3 Å². The van der Waals surface area contributed by atoms with E-state index in [2.05, 4.69) is 48.5 Å². The summed E-state index contributed by atoms with van der Waals surface area (Å²) in [6, 6.07) is 0. The highest BCUT2D eigenvalue weighted by Crippen LogP contribution is 2.76. The van der Waals surface area contributed by atoms with Gasteiger partial charge in [-0.3, -0.25) is 4.79 Å². The van der Waals surface area contributed by atoms with Crippen LogP contribution in [0, 0.1) is 56.2 Å². The Morgan fingerprint density at radius 1 is 0.727 bits per heavy atom. The van der Waals surface area contributed by atoms with Gasteiger partial charge in [0.15, 0.2) is 0 Å². The highest BCUT2D eigenvalue weighted by Gasteiger charge is 2.69. The molecule has 0 saturated heterocycles. The number of fused-ring (bicyclic) bond motifs is 7. The van der Waals surface area contributed by atoms with Crippen LogP contribution in [0.15, 0.2) is 0 Å². The maximum absolute atomic E-state index is 12.5. The molecule has 3 N–H and O–H groups in total. The molecule has 33 heavy (non-hydrogen) atoms. The minimum atomic E-state index is -0.326. The maximum atomic E-state index is 12.5. The summed E-state index contributed by atoms with van der Waals surface area (Å²) in [6.45, 7) is 17.3. The number of primary amides is 1.